The van der Waals surface area contributed by atoms with E-state index in [9.17, 15) is 9.59 Å². The van der Waals surface area contributed by atoms with E-state index in [-0.39, 0.29) is 17.6 Å². The fraction of sp³-hybridized carbons (Fsp3) is 0.310. The summed E-state index contributed by atoms with van der Waals surface area (Å²) >= 11 is 0. The number of urea groups is 1. The number of nitrogens with one attached hydrogen (secondary N) is 1. The number of carbonyl (C=O) groups excluding carboxylic acids is 1. The Morgan fingerprint density at radius 2 is 1.71 bits per heavy atom. The first kappa shape index (κ1) is 23.6. The van der Waals surface area contributed by atoms with Gasteiger partial charge in [-0.2, -0.15) is 0 Å². The second-order valence-corrected chi connectivity index (χ2v) is 9.47. The second kappa shape index (κ2) is 9.72. The first-order valence-corrected chi connectivity index (χ1v) is 11.8. The molecule has 4 rings (SSSR count). The van der Waals surface area contributed by atoms with Crippen molar-refractivity contribution in [1.29, 1.82) is 0 Å². The molecule has 2 aromatic carbocycles. The molecule has 1 N–H and O–H groups in total. The molecule has 1 aromatic heterocycles. The molecule has 2 heterocycles. The normalized spacial score (nSPS) is 19.3. The van der Waals surface area contributed by atoms with Crippen molar-refractivity contribution in [3.63, 3.8) is 0 Å². The van der Waals surface area contributed by atoms with Gasteiger partial charge in [0.2, 0.25) is 5.56 Å². The lowest BCUT2D eigenvalue weighted by molar-refractivity contribution is 0.177. The minimum absolute atomic E-state index is 0.0283. The van der Waals surface area contributed by atoms with Crippen LogP contribution in [0.4, 0.5) is 4.79 Å². The van der Waals surface area contributed by atoms with Gasteiger partial charge in [-0.1, -0.05) is 60.2 Å². The van der Waals surface area contributed by atoms with E-state index in [2.05, 4.69) is 55.2 Å². The molecule has 2 atom stereocenters. The number of pyridine rings is 1. The van der Waals surface area contributed by atoms with Crippen molar-refractivity contribution < 1.29 is 4.79 Å². The van der Waals surface area contributed by atoms with Crippen molar-refractivity contribution in [1.82, 2.24) is 14.8 Å². The van der Waals surface area contributed by atoms with E-state index in [0.29, 0.717) is 6.54 Å². The van der Waals surface area contributed by atoms with Gasteiger partial charge < -0.3 is 14.8 Å². The quantitative estimate of drug-likeness (QED) is 0.479. The Labute approximate surface area is 201 Å². The Balaban J connectivity index is 1.56. The van der Waals surface area contributed by atoms with Crippen LogP contribution in [-0.4, -0.2) is 22.0 Å². The lowest BCUT2D eigenvalue weighted by Gasteiger charge is -2.36. The summed E-state index contributed by atoms with van der Waals surface area (Å²) in [4.78, 5) is 27.1. The summed E-state index contributed by atoms with van der Waals surface area (Å²) in [6.07, 6.45) is 4.33. The van der Waals surface area contributed by atoms with Crippen molar-refractivity contribution in [2.24, 2.45) is 7.05 Å². The van der Waals surface area contributed by atoms with Crippen LogP contribution in [0.3, 0.4) is 0 Å². The van der Waals surface area contributed by atoms with Crippen LogP contribution in [0.1, 0.15) is 50.3 Å². The zero-order valence-electron chi connectivity index (χ0n) is 20.3. The first-order valence-electron chi connectivity index (χ1n) is 11.8. The van der Waals surface area contributed by atoms with Gasteiger partial charge in [0.05, 0.1) is 11.6 Å². The monoisotopic (exact) mass is 455 g/mol. The zero-order valence-corrected chi connectivity index (χ0v) is 20.3. The van der Waals surface area contributed by atoms with Crippen LogP contribution in [0.15, 0.2) is 89.9 Å². The number of amides is 2. The van der Waals surface area contributed by atoms with E-state index in [1.165, 1.54) is 0 Å². The molecule has 5 heteroatoms. The highest BCUT2D eigenvalue weighted by Crippen LogP contribution is 2.36. The highest BCUT2D eigenvalue weighted by atomic mass is 16.2. The van der Waals surface area contributed by atoms with Crippen molar-refractivity contribution in [3.05, 3.63) is 107 Å². The van der Waals surface area contributed by atoms with Crippen molar-refractivity contribution in [3.8, 4) is 11.1 Å². The Morgan fingerprint density at radius 3 is 2.35 bits per heavy atom. The van der Waals surface area contributed by atoms with Crippen molar-refractivity contribution in [2.45, 2.75) is 44.7 Å². The minimum Gasteiger partial charge on any atom is -0.328 e. The van der Waals surface area contributed by atoms with E-state index < -0.39 is 5.54 Å². The maximum Gasteiger partial charge on any atom is 0.318 e. The van der Waals surface area contributed by atoms with Gasteiger partial charge >= 0.3 is 6.03 Å². The molecule has 34 heavy (non-hydrogen) atoms. The number of benzene rings is 2. The SMILES string of the molecule is C=C(C)CC1(c2ccccc2)CCCN([C@@H](C)c2ccc(-c3ccc(=O)n(C)c3)cc2)C(=O)N1. The summed E-state index contributed by atoms with van der Waals surface area (Å²) in [5.74, 6) is 0. The average Bonchev–Trinajstić information content (AvgIpc) is 2.99. The molecule has 1 unspecified atom stereocenters. The van der Waals surface area contributed by atoms with Crippen LogP contribution in [0.5, 0.6) is 0 Å². The molecule has 0 aliphatic carbocycles. The molecular weight excluding hydrogens is 422 g/mol. The van der Waals surface area contributed by atoms with Gasteiger partial charge in [0.25, 0.3) is 0 Å². The van der Waals surface area contributed by atoms with Crippen LogP contribution >= 0.6 is 0 Å². The Kier molecular flexibility index (Phi) is 6.73. The molecule has 3 aromatic rings. The van der Waals surface area contributed by atoms with Crippen LogP contribution in [0, 0.1) is 0 Å². The smallest absolute Gasteiger partial charge is 0.318 e. The Morgan fingerprint density at radius 1 is 1.03 bits per heavy atom. The fourth-order valence-corrected chi connectivity index (χ4v) is 4.98. The molecule has 0 saturated carbocycles. The van der Waals surface area contributed by atoms with Crippen molar-refractivity contribution >= 4 is 6.03 Å². The second-order valence-electron chi connectivity index (χ2n) is 9.47. The number of rotatable bonds is 6. The lowest BCUT2D eigenvalue weighted by atomic mass is 9.81. The highest BCUT2D eigenvalue weighted by Gasteiger charge is 2.38. The number of carbonyl (C=O) groups is 1. The molecule has 1 saturated heterocycles. The van der Waals surface area contributed by atoms with E-state index >= 15 is 0 Å². The number of aryl methyl sites for hydroxylation is 1. The molecule has 0 bridgehead atoms. The largest absolute Gasteiger partial charge is 0.328 e. The maximum atomic E-state index is 13.5. The lowest BCUT2D eigenvalue weighted by Crippen LogP contribution is -2.49. The zero-order chi connectivity index (χ0) is 24.3. The molecule has 5 nitrogen and oxygen atoms in total. The highest BCUT2D eigenvalue weighted by molar-refractivity contribution is 5.76. The Bertz CT molecular complexity index is 1230. The van der Waals surface area contributed by atoms with Crippen LogP contribution in [0.25, 0.3) is 11.1 Å². The average molecular weight is 456 g/mol. The Hall–Kier alpha value is -3.60. The molecule has 1 fully saturated rings. The first-order chi connectivity index (χ1) is 16.3. The molecular formula is C29H33N3O2. The molecule has 1 aliphatic heterocycles. The third kappa shape index (κ3) is 4.84. The van der Waals surface area contributed by atoms with Gasteiger partial charge in [-0.15, -0.1) is 6.58 Å². The molecule has 176 valence electrons. The number of aromatic nitrogens is 1. The topological polar surface area (TPSA) is 54.3 Å². The van der Waals surface area contributed by atoms with E-state index in [0.717, 1.165) is 47.1 Å². The van der Waals surface area contributed by atoms with E-state index in [1.54, 1.807) is 17.7 Å². The summed E-state index contributed by atoms with van der Waals surface area (Å²) in [5, 5.41) is 3.38. The number of hydrogen-bond donors (Lipinski definition) is 1. The van der Waals surface area contributed by atoms with E-state index in [1.807, 2.05) is 42.3 Å². The van der Waals surface area contributed by atoms with Gasteiger partial charge in [-0.05, 0) is 61.4 Å². The minimum atomic E-state index is -0.439. The predicted molar refractivity (Wildman–Crippen MR) is 138 cm³/mol. The standard InChI is InChI=1S/C29H33N3O2/c1-21(2)19-29(26-9-6-5-7-10-26)17-8-18-32(28(34)30-29)22(3)23-11-13-24(14-12-23)25-15-16-27(33)31(4)20-25/h5-7,9-16,20,22H,1,8,17-19H2,2-4H3,(H,30,34)/t22-,29?/m0/s1. The van der Waals surface area contributed by atoms with Gasteiger partial charge in [0.1, 0.15) is 0 Å². The molecule has 1 aliphatic rings. The summed E-state index contributed by atoms with van der Waals surface area (Å²) < 4.78 is 1.58. The summed E-state index contributed by atoms with van der Waals surface area (Å²) in [6, 6.07) is 21.8. The molecule has 2 amide bonds. The van der Waals surface area contributed by atoms with Crippen LogP contribution < -0.4 is 10.9 Å². The van der Waals surface area contributed by atoms with Crippen LogP contribution in [-0.2, 0) is 12.6 Å². The number of nitrogens with zero attached hydrogens (tertiary/aromatic N) is 2. The third-order valence-corrected chi connectivity index (χ3v) is 6.82. The van der Waals surface area contributed by atoms with Crippen molar-refractivity contribution in [2.75, 3.05) is 6.54 Å². The predicted octanol–water partition coefficient (Wildman–Crippen LogP) is 5.78. The third-order valence-electron chi connectivity index (χ3n) is 6.82. The van der Waals surface area contributed by atoms with Gasteiger partial charge in [0, 0.05) is 25.9 Å². The summed E-state index contributed by atoms with van der Waals surface area (Å²) in [7, 11) is 1.75. The summed E-state index contributed by atoms with van der Waals surface area (Å²) in [6.45, 7) is 8.93. The summed E-state index contributed by atoms with van der Waals surface area (Å²) in [5.41, 5.74) is 4.82. The van der Waals surface area contributed by atoms with E-state index in [4.69, 9.17) is 0 Å². The van der Waals surface area contributed by atoms with Crippen LogP contribution in [0.2, 0.25) is 0 Å². The van der Waals surface area contributed by atoms with Gasteiger partial charge in [0.15, 0.2) is 0 Å². The number of hydrogen-bond acceptors (Lipinski definition) is 2. The fourth-order valence-electron chi connectivity index (χ4n) is 4.98. The van der Waals surface area contributed by atoms with Gasteiger partial charge in [-0.25, -0.2) is 4.79 Å². The molecule has 0 spiro atoms. The maximum absolute atomic E-state index is 13.5. The molecule has 0 radical (unpaired) electrons. The van der Waals surface area contributed by atoms with Gasteiger partial charge in [-0.3, -0.25) is 4.79 Å².